The lowest BCUT2D eigenvalue weighted by Gasteiger charge is -2.29. The maximum absolute atomic E-state index is 13.0. The molecule has 3 rings (SSSR count). The number of hydrogen-bond donors (Lipinski definition) is 1. The molecule has 1 N–H and O–H groups in total. The van der Waals surface area contributed by atoms with Crippen molar-refractivity contribution in [3.63, 3.8) is 0 Å². The van der Waals surface area contributed by atoms with Gasteiger partial charge in [-0.15, -0.1) is 0 Å². The summed E-state index contributed by atoms with van der Waals surface area (Å²) >= 11 is 6.11. The van der Waals surface area contributed by atoms with E-state index < -0.39 is 6.04 Å². The molecule has 1 aliphatic rings. The maximum Gasteiger partial charge on any atom is 0.261 e. The van der Waals surface area contributed by atoms with Crippen molar-refractivity contribution in [2.24, 2.45) is 0 Å². The first-order valence-electron chi connectivity index (χ1n) is 10.1. The molecule has 2 amide bonds. The fraction of sp³-hybridized carbons (Fsp3) is 0.391. The van der Waals surface area contributed by atoms with E-state index in [-0.39, 0.29) is 24.5 Å². The van der Waals surface area contributed by atoms with Gasteiger partial charge in [0, 0.05) is 19.7 Å². The Morgan fingerprint density at radius 2 is 1.93 bits per heavy atom. The van der Waals surface area contributed by atoms with Crippen molar-refractivity contribution in [3.05, 3.63) is 65.2 Å². The molecule has 160 valence electrons. The van der Waals surface area contributed by atoms with Crippen molar-refractivity contribution in [1.29, 1.82) is 0 Å². The molecule has 0 aliphatic carbocycles. The molecule has 0 spiro atoms. The summed E-state index contributed by atoms with van der Waals surface area (Å²) in [7, 11) is 0. The van der Waals surface area contributed by atoms with Crippen molar-refractivity contribution in [1.82, 2.24) is 10.2 Å². The first kappa shape index (κ1) is 22.1. The van der Waals surface area contributed by atoms with Crippen LogP contribution in [0.25, 0.3) is 0 Å². The lowest BCUT2D eigenvalue weighted by atomic mass is 10.1. The summed E-state index contributed by atoms with van der Waals surface area (Å²) in [5.74, 6) is -0.0753. The van der Waals surface area contributed by atoms with E-state index in [0.717, 1.165) is 25.0 Å². The molecule has 1 saturated heterocycles. The minimum absolute atomic E-state index is 0.0444. The van der Waals surface area contributed by atoms with E-state index in [9.17, 15) is 9.59 Å². The van der Waals surface area contributed by atoms with Crippen LogP contribution in [-0.4, -0.2) is 48.6 Å². The van der Waals surface area contributed by atoms with Crippen molar-refractivity contribution < 1.29 is 19.1 Å². The van der Waals surface area contributed by atoms with Crippen LogP contribution < -0.4 is 10.1 Å². The molecule has 6 nitrogen and oxygen atoms in total. The van der Waals surface area contributed by atoms with Gasteiger partial charge in [-0.25, -0.2) is 0 Å². The smallest absolute Gasteiger partial charge is 0.261 e. The van der Waals surface area contributed by atoms with E-state index >= 15 is 0 Å². The molecule has 7 heteroatoms. The second-order valence-corrected chi connectivity index (χ2v) is 7.69. The predicted molar refractivity (Wildman–Crippen MR) is 115 cm³/mol. The summed E-state index contributed by atoms with van der Waals surface area (Å²) in [6, 6.07) is 15.9. The Morgan fingerprint density at radius 1 is 1.20 bits per heavy atom. The van der Waals surface area contributed by atoms with Crippen molar-refractivity contribution in [2.45, 2.75) is 38.5 Å². The van der Waals surface area contributed by atoms with Gasteiger partial charge in [0.25, 0.3) is 5.91 Å². The molecule has 1 aliphatic heterocycles. The fourth-order valence-electron chi connectivity index (χ4n) is 3.31. The zero-order chi connectivity index (χ0) is 21.3. The minimum atomic E-state index is -0.658. The number of ether oxygens (including phenoxy) is 2. The third kappa shape index (κ3) is 6.21. The predicted octanol–water partition coefficient (Wildman–Crippen LogP) is 3.43. The Balaban J connectivity index is 1.65. The molecule has 0 saturated carbocycles. The minimum Gasteiger partial charge on any atom is -0.482 e. The number of para-hydroxylation sites is 1. The molecular weight excluding hydrogens is 404 g/mol. The van der Waals surface area contributed by atoms with Crippen LogP contribution in [0.15, 0.2) is 54.6 Å². The quantitative estimate of drug-likeness (QED) is 0.661. The van der Waals surface area contributed by atoms with Gasteiger partial charge in [0.05, 0.1) is 11.1 Å². The SMILES string of the molecule is C[C@@H](C(=O)NC[C@@H]1CCCO1)N(Cc1ccccc1)C(=O)COc1ccccc1Cl. The van der Waals surface area contributed by atoms with Gasteiger partial charge in [0.1, 0.15) is 11.8 Å². The first-order valence-corrected chi connectivity index (χ1v) is 10.5. The van der Waals surface area contributed by atoms with Crippen LogP contribution in [0, 0.1) is 0 Å². The summed E-state index contributed by atoms with van der Waals surface area (Å²) in [4.78, 5) is 27.3. The van der Waals surface area contributed by atoms with Crippen LogP contribution in [0.2, 0.25) is 5.02 Å². The summed E-state index contributed by atoms with van der Waals surface area (Å²) in [5, 5.41) is 3.34. The first-order chi connectivity index (χ1) is 14.5. The fourth-order valence-corrected chi connectivity index (χ4v) is 3.50. The topological polar surface area (TPSA) is 67.9 Å². The second kappa shape index (κ2) is 11.0. The largest absolute Gasteiger partial charge is 0.482 e. The van der Waals surface area contributed by atoms with Crippen molar-refractivity contribution in [2.75, 3.05) is 19.8 Å². The maximum atomic E-state index is 13.0. The van der Waals surface area contributed by atoms with Gasteiger partial charge in [-0.1, -0.05) is 54.1 Å². The van der Waals surface area contributed by atoms with Crippen LogP contribution in [-0.2, 0) is 20.9 Å². The molecule has 2 aromatic carbocycles. The van der Waals surface area contributed by atoms with Crippen LogP contribution in [0.4, 0.5) is 0 Å². The third-order valence-corrected chi connectivity index (χ3v) is 5.39. The zero-order valence-corrected chi connectivity index (χ0v) is 17.8. The van der Waals surface area contributed by atoms with Gasteiger partial charge < -0.3 is 19.7 Å². The monoisotopic (exact) mass is 430 g/mol. The number of hydrogen-bond acceptors (Lipinski definition) is 4. The highest BCUT2D eigenvalue weighted by Gasteiger charge is 2.27. The van der Waals surface area contributed by atoms with Crippen LogP contribution in [0.1, 0.15) is 25.3 Å². The highest BCUT2D eigenvalue weighted by molar-refractivity contribution is 6.32. The van der Waals surface area contributed by atoms with Crippen LogP contribution in [0.5, 0.6) is 5.75 Å². The lowest BCUT2D eigenvalue weighted by molar-refractivity contribution is -0.142. The molecule has 1 heterocycles. The molecule has 30 heavy (non-hydrogen) atoms. The number of halogens is 1. The highest BCUT2D eigenvalue weighted by Crippen LogP contribution is 2.23. The normalized spacial score (nSPS) is 16.7. The van der Waals surface area contributed by atoms with Gasteiger partial charge in [-0.2, -0.15) is 0 Å². The Bertz CT molecular complexity index is 840. The standard InChI is InChI=1S/C23H27ClN2O4/c1-17(23(28)25-14-19-10-7-13-29-19)26(15-18-8-3-2-4-9-18)22(27)16-30-21-12-6-5-11-20(21)24/h2-6,8-9,11-12,17,19H,7,10,13-16H2,1H3,(H,25,28)/t17-,19-/m0/s1. The molecule has 2 atom stereocenters. The summed E-state index contributed by atoms with van der Waals surface area (Å²) in [5.41, 5.74) is 0.933. The Labute approximate surface area is 182 Å². The average Bonchev–Trinajstić information content (AvgIpc) is 3.29. The Morgan fingerprint density at radius 3 is 2.63 bits per heavy atom. The third-order valence-electron chi connectivity index (χ3n) is 5.08. The summed E-state index contributed by atoms with van der Waals surface area (Å²) in [6.45, 7) is 3.00. The molecule has 1 fully saturated rings. The van der Waals surface area contributed by atoms with Gasteiger partial charge >= 0.3 is 0 Å². The van der Waals surface area contributed by atoms with Crippen molar-refractivity contribution >= 4 is 23.4 Å². The molecule has 0 radical (unpaired) electrons. The van der Waals surface area contributed by atoms with Gasteiger partial charge in [0.15, 0.2) is 6.61 Å². The van der Waals surface area contributed by atoms with Gasteiger partial charge in [-0.3, -0.25) is 9.59 Å². The molecule has 0 aromatic heterocycles. The highest BCUT2D eigenvalue weighted by atomic mass is 35.5. The Hall–Kier alpha value is -2.57. The number of rotatable bonds is 9. The Kier molecular flexibility index (Phi) is 8.11. The van der Waals surface area contributed by atoms with E-state index in [1.165, 1.54) is 4.90 Å². The van der Waals surface area contributed by atoms with E-state index in [1.54, 1.807) is 31.2 Å². The summed E-state index contributed by atoms with van der Waals surface area (Å²) < 4.78 is 11.2. The van der Waals surface area contributed by atoms with Crippen LogP contribution >= 0.6 is 11.6 Å². The average molecular weight is 431 g/mol. The second-order valence-electron chi connectivity index (χ2n) is 7.28. The lowest BCUT2D eigenvalue weighted by Crippen LogP contribution is -2.50. The number of benzene rings is 2. The van der Waals surface area contributed by atoms with E-state index in [4.69, 9.17) is 21.1 Å². The number of carbonyl (C=O) groups excluding carboxylic acids is 2. The molecule has 0 unspecified atom stereocenters. The molecular formula is C23H27ClN2O4. The number of amides is 2. The van der Waals surface area contributed by atoms with Crippen LogP contribution in [0.3, 0.4) is 0 Å². The van der Waals surface area contributed by atoms with Crippen molar-refractivity contribution in [3.8, 4) is 5.75 Å². The number of carbonyl (C=O) groups is 2. The van der Waals surface area contributed by atoms with Gasteiger partial charge in [0.2, 0.25) is 5.91 Å². The van der Waals surface area contributed by atoms with E-state index in [0.29, 0.717) is 23.9 Å². The van der Waals surface area contributed by atoms with E-state index in [2.05, 4.69) is 5.32 Å². The number of nitrogens with zero attached hydrogens (tertiary/aromatic N) is 1. The summed E-state index contributed by atoms with van der Waals surface area (Å²) in [6.07, 6.45) is 1.99. The van der Waals surface area contributed by atoms with Gasteiger partial charge in [-0.05, 0) is 37.5 Å². The zero-order valence-electron chi connectivity index (χ0n) is 17.1. The molecule has 0 bridgehead atoms. The van der Waals surface area contributed by atoms with E-state index in [1.807, 2.05) is 30.3 Å². The molecule has 2 aromatic rings. The number of nitrogens with one attached hydrogen (secondary N) is 1.